The van der Waals surface area contributed by atoms with E-state index in [1.807, 2.05) is 13.0 Å². The van der Waals surface area contributed by atoms with Crippen LogP contribution in [0.4, 0.5) is 0 Å². The fraction of sp³-hybridized carbons (Fsp3) is 0.722. The number of nitrogens with zero attached hydrogens (tertiary/aromatic N) is 1. The third-order valence-corrected chi connectivity index (χ3v) is 4.87. The third-order valence-electron chi connectivity index (χ3n) is 4.87. The van der Waals surface area contributed by atoms with Gasteiger partial charge in [-0.25, -0.2) is 0 Å². The summed E-state index contributed by atoms with van der Waals surface area (Å²) in [6, 6.07) is 2.04. The summed E-state index contributed by atoms with van der Waals surface area (Å²) in [6.45, 7) is 7.17. The molecule has 0 spiro atoms. The molecule has 2 aliphatic rings. The molecule has 0 aromatic carbocycles. The first-order valence-electron chi connectivity index (χ1n) is 8.99. The number of piperidine rings is 1. The number of nitrogens with one attached hydrogen (secondary N) is 1. The molecule has 6 heteroatoms. The molecule has 1 unspecified atom stereocenters. The number of furan rings is 1. The lowest BCUT2D eigenvalue weighted by molar-refractivity contribution is 0.00854. The molecule has 3 rings (SSSR count). The largest absolute Gasteiger partial charge is 0.459 e. The van der Waals surface area contributed by atoms with Crippen LogP contribution in [0.1, 0.15) is 41.8 Å². The molecule has 0 aliphatic carbocycles. The molecule has 24 heavy (non-hydrogen) atoms. The Morgan fingerprint density at radius 2 is 2.21 bits per heavy atom. The van der Waals surface area contributed by atoms with Crippen molar-refractivity contribution in [1.29, 1.82) is 0 Å². The molecule has 2 fully saturated rings. The summed E-state index contributed by atoms with van der Waals surface area (Å²) < 4.78 is 16.5. The summed E-state index contributed by atoms with van der Waals surface area (Å²) in [5.41, 5.74) is 0.883. The average Bonchev–Trinajstić information content (AvgIpc) is 3.24. The molecule has 1 amide bonds. The van der Waals surface area contributed by atoms with Crippen LogP contribution in [0.25, 0.3) is 0 Å². The summed E-state index contributed by atoms with van der Waals surface area (Å²) in [5.74, 6) is 0.329. The molecule has 3 heterocycles. The Hall–Kier alpha value is -1.37. The average molecular weight is 336 g/mol. The van der Waals surface area contributed by atoms with E-state index in [1.54, 1.807) is 6.26 Å². The second-order valence-electron chi connectivity index (χ2n) is 6.73. The van der Waals surface area contributed by atoms with Crippen molar-refractivity contribution in [2.24, 2.45) is 0 Å². The fourth-order valence-corrected chi connectivity index (χ4v) is 3.34. The van der Waals surface area contributed by atoms with Crippen LogP contribution in [0, 0.1) is 6.92 Å². The monoisotopic (exact) mass is 336 g/mol. The normalized spacial score (nSPS) is 22.8. The summed E-state index contributed by atoms with van der Waals surface area (Å²) in [5, 5.41) is 3.08. The van der Waals surface area contributed by atoms with Crippen LogP contribution in [0.3, 0.4) is 0 Å². The maximum atomic E-state index is 12.2. The molecule has 0 radical (unpaired) electrons. The summed E-state index contributed by atoms with van der Waals surface area (Å²) in [7, 11) is 0. The molecule has 1 N–H and O–H groups in total. The van der Waals surface area contributed by atoms with E-state index in [4.69, 9.17) is 13.9 Å². The van der Waals surface area contributed by atoms with Crippen molar-refractivity contribution in [2.45, 2.75) is 44.8 Å². The molecule has 1 aromatic heterocycles. The zero-order chi connectivity index (χ0) is 16.8. The fourth-order valence-electron chi connectivity index (χ4n) is 3.34. The van der Waals surface area contributed by atoms with Gasteiger partial charge in [-0.15, -0.1) is 0 Å². The van der Waals surface area contributed by atoms with Crippen LogP contribution in [-0.2, 0) is 9.47 Å². The van der Waals surface area contributed by atoms with Crippen molar-refractivity contribution >= 4 is 5.91 Å². The van der Waals surface area contributed by atoms with Crippen molar-refractivity contribution in [3.8, 4) is 0 Å². The Kier molecular flexibility index (Phi) is 6.29. The highest BCUT2D eigenvalue weighted by Crippen LogP contribution is 2.14. The van der Waals surface area contributed by atoms with E-state index in [9.17, 15) is 4.79 Å². The minimum absolute atomic E-state index is 0.101. The molecule has 6 nitrogen and oxygen atoms in total. The first kappa shape index (κ1) is 17.5. The van der Waals surface area contributed by atoms with Crippen LogP contribution < -0.4 is 5.32 Å². The number of ether oxygens (including phenoxy) is 2. The van der Waals surface area contributed by atoms with Crippen molar-refractivity contribution in [2.75, 3.05) is 39.5 Å². The third kappa shape index (κ3) is 4.82. The van der Waals surface area contributed by atoms with Gasteiger partial charge in [-0.1, -0.05) is 0 Å². The standard InChI is InChI=1S/C18H28N2O4/c1-14-6-11-24-17(14)18(21)19-15-4-7-20(8-5-15)9-12-22-13-16-3-2-10-23-16/h6,11,15-16H,2-5,7-10,12-13H2,1H3,(H,19,21). The van der Waals surface area contributed by atoms with Crippen LogP contribution >= 0.6 is 0 Å². The Morgan fingerprint density at radius 1 is 1.38 bits per heavy atom. The number of hydrogen-bond donors (Lipinski definition) is 1. The van der Waals surface area contributed by atoms with Gasteiger partial charge in [0.1, 0.15) is 0 Å². The Morgan fingerprint density at radius 3 is 2.88 bits per heavy atom. The highest BCUT2D eigenvalue weighted by atomic mass is 16.5. The molecular weight excluding hydrogens is 308 g/mol. The second-order valence-corrected chi connectivity index (χ2v) is 6.73. The number of carbonyl (C=O) groups is 1. The lowest BCUT2D eigenvalue weighted by Gasteiger charge is -2.32. The Balaban J connectivity index is 1.29. The van der Waals surface area contributed by atoms with Gasteiger partial charge >= 0.3 is 0 Å². The van der Waals surface area contributed by atoms with Crippen LogP contribution in [-0.4, -0.2) is 62.4 Å². The minimum Gasteiger partial charge on any atom is -0.459 e. The molecule has 1 atom stereocenters. The smallest absolute Gasteiger partial charge is 0.287 e. The van der Waals surface area contributed by atoms with Gasteiger partial charge in [0.25, 0.3) is 5.91 Å². The number of likely N-dealkylation sites (tertiary alicyclic amines) is 1. The quantitative estimate of drug-likeness (QED) is 0.772. The summed E-state index contributed by atoms with van der Waals surface area (Å²) >= 11 is 0. The van der Waals surface area contributed by atoms with E-state index >= 15 is 0 Å². The first-order valence-corrected chi connectivity index (χ1v) is 8.99. The number of rotatable bonds is 7. The highest BCUT2D eigenvalue weighted by Gasteiger charge is 2.23. The van der Waals surface area contributed by atoms with E-state index in [-0.39, 0.29) is 11.9 Å². The van der Waals surface area contributed by atoms with Crippen molar-refractivity contribution in [1.82, 2.24) is 10.2 Å². The molecule has 0 saturated carbocycles. The predicted molar refractivity (Wildman–Crippen MR) is 90.2 cm³/mol. The van der Waals surface area contributed by atoms with Gasteiger partial charge in [-0.3, -0.25) is 4.79 Å². The molecule has 0 bridgehead atoms. The van der Waals surface area contributed by atoms with Crippen LogP contribution in [0.2, 0.25) is 0 Å². The zero-order valence-electron chi connectivity index (χ0n) is 14.5. The molecular formula is C18H28N2O4. The van der Waals surface area contributed by atoms with Crippen molar-refractivity contribution < 1.29 is 18.7 Å². The first-order chi connectivity index (χ1) is 11.7. The number of hydrogen-bond acceptors (Lipinski definition) is 5. The summed E-state index contributed by atoms with van der Waals surface area (Å²) in [4.78, 5) is 14.6. The number of amides is 1. The zero-order valence-corrected chi connectivity index (χ0v) is 14.5. The maximum absolute atomic E-state index is 12.2. The van der Waals surface area contributed by atoms with E-state index in [0.717, 1.165) is 70.7 Å². The van der Waals surface area contributed by atoms with E-state index < -0.39 is 0 Å². The van der Waals surface area contributed by atoms with E-state index in [2.05, 4.69) is 10.2 Å². The summed E-state index contributed by atoms with van der Waals surface area (Å²) in [6.07, 6.45) is 6.08. The molecule has 1 aromatic rings. The van der Waals surface area contributed by atoms with E-state index in [0.29, 0.717) is 11.9 Å². The molecule has 134 valence electrons. The number of carbonyl (C=O) groups excluding carboxylic acids is 1. The maximum Gasteiger partial charge on any atom is 0.287 e. The van der Waals surface area contributed by atoms with Crippen molar-refractivity contribution in [3.63, 3.8) is 0 Å². The highest BCUT2D eigenvalue weighted by molar-refractivity contribution is 5.92. The van der Waals surface area contributed by atoms with Crippen molar-refractivity contribution in [3.05, 3.63) is 23.7 Å². The van der Waals surface area contributed by atoms with Gasteiger partial charge in [-0.05, 0) is 38.7 Å². The van der Waals surface area contributed by atoms with Crippen LogP contribution in [0.15, 0.2) is 16.7 Å². The van der Waals surface area contributed by atoms with E-state index in [1.165, 1.54) is 0 Å². The number of aryl methyl sites for hydroxylation is 1. The van der Waals surface area contributed by atoms with Gasteiger partial charge in [0.15, 0.2) is 5.76 Å². The minimum atomic E-state index is -0.101. The lowest BCUT2D eigenvalue weighted by atomic mass is 10.0. The molecule has 2 aliphatic heterocycles. The van der Waals surface area contributed by atoms with Gasteiger partial charge in [0.05, 0.1) is 25.6 Å². The second kappa shape index (κ2) is 8.65. The van der Waals surface area contributed by atoms with Gasteiger partial charge in [0, 0.05) is 37.8 Å². The van der Waals surface area contributed by atoms with Gasteiger partial charge < -0.3 is 24.1 Å². The lowest BCUT2D eigenvalue weighted by Crippen LogP contribution is -2.45. The van der Waals surface area contributed by atoms with Crippen LogP contribution in [0.5, 0.6) is 0 Å². The molecule has 2 saturated heterocycles. The van der Waals surface area contributed by atoms with Gasteiger partial charge in [0.2, 0.25) is 0 Å². The topological polar surface area (TPSA) is 63.9 Å². The Bertz CT molecular complexity index is 517. The predicted octanol–water partition coefficient (Wildman–Crippen LogP) is 1.98. The Labute approximate surface area is 143 Å². The SMILES string of the molecule is Cc1ccoc1C(=O)NC1CCN(CCOCC2CCCO2)CC1. The van der Waals surface area contributed by atoms with Gasteiger partial charge in [-0.2, -0.15) is 0 Å².